The first-order chi connectivity index (χ1) is 13.3. The summed E-state index contributed by atoms with van der Waals surface area (Å²) in [4.78, 5) is 23.9. The summed E-state index contributed by atoms with van der Waals surface area (Å²) in [7, 11) is 0. The Kier molecular flexibility index (Phi) is 7.38. The largest absolute Gasteiger partial charge is 0.506 e. The summed E-state index contributed by atoms with van der Waals surface area (Å²) in [5.41, 5.74) is 0.494. The van der Waals surface area contributed by atoms with E-state index < -0.39 is 23.3 Å². The first-order valence-electron chi connectivity index (χ1n) is 8.35. The Labute approximate surface area is 171 Å². The standard InChI is InChI=1S/C20H16Cl2FNO4/c1-2-28-18(26)6-5-17(25)14-9-11(7-12(10-24)20(14)27)8-13-15(21)3-4-16(23)19(13)22/h3-4,7,9,27H,2,5-6,8H2,1H3. The van der Waals surface area contributed by atoms with Crippen LogP contribution in [0.5, 0.6) is 5.75 Å². The van der Waals surface area contributed by atoms with Gasteiger partial charge in [-0.25, -0.2) is 4.39 Å². The third-order valence-electron chi connectivity index (χ3n) is 3.97. The molecular formula is C20H16Cl2FNO4. The molecule has 8 heteroatoms. The lowest BCUT2D eigenvalue weighted by molar-refractivity contribution is -0.143. The topological polar surface area (TPSA) is 87.4 Å². The van der Waals surface area contributed by atoms with E-state index >= 15 is 0 Å². The Morgan fingerprint density at radius 3 is 2.61 bits per heavy atom. The van der Waals surface area contributed by atoms with Crippen LogP contribution in [0.1, 0.15) is 46.8 Å². The average molecular weight is 424 g/mol. The number of phenols is 1. The summed E-state index contributed by atoms with van der Waals surface area (Å²) < 4.78 is 18.5. The number of carbonyl (C=O) groups excluding carboxylic acids is 2. The van der Waals surface area contributed by atoms with Gasteiger partial charge in [0.25, 0.3) is 0 Å². The number of aromatic hydroxyl groups is 1. The van der Waals surface area contributed by atoms with Gasteiger partial charge in [-0.15, -0.1) is 0 Å². The van der Waals surface area contributed by atoms with Crippen molar-refractivity contribution in [1.82, 2.24) is 0 Å². The molecule has 2 aromatic rings. The van der Waals surface area contributed by atoms with Gasteiger partial charge in [0.15, 0.2) is 5.78 Å². The lowest BCUT2D eigenvalue weighted by atomic mass is 9.95. The number of benzene rings is 2. The molecule has 2 aromatic carbocycles. The summed E-state index contributed by atoms with van der Waals surface area (Å²) in [6, 6.07) is 7.05. The van der Waals surface area contributed by atoms with Crippen molar-refractivity contribution >= 4 is 35.0 Å². The molecule has 0 aliphatic carbocycles. The predicted molar refractivity (Wildman–Crippen MR) is 102 cm³/mol. The summed E-state index contributed by atoms with van der Waals surface area (Å²) in [5.74, 6) is -2.19. The predicted octanol–water partition coefficient (Wildman–Crippen LogP) is 4.83. The highest BCUT2D eigenvalue weighted by Gasteiger charge is 2.19. The molecule has 0 heterocycles. The number of ether oxygens (including phenoxy) is 1. The molecule has 0 atom stereocenters. The fourth-order valence-electron chi connectivity index (χ4n) is 2.61. The first kappa shape index (κ1) is 21.7. The van der Waals surface area contributed by atoms with E-state index in [-0.39, 0.29) is 47.0 Å². The number of nitriles is 1. The van der Waals surface area contributed by atoms with Gasteiger partial charge in [-0.05, 0) is 42.3 Å². The number of ketones is 1. The van der Waals surface area contributed by atoms with E-state index in [0.717, 1.165) is 6.07 Å². The molecule has 2 rings (SSSR count). The minimum atomic E-state index is -0.647. The molecule has 0 saturated carbocycles. The van der Waals surface area contributed by atoms with Crippen molar-refractivity contribution in [2.24, 2.45) is 0 Å². The Morgan fingerprint density at radius 1 is 1.25 bits per heavy atom. The zero-order valence-corrected chi connectivity index (χ0v) is 16.4. The molecule has 0 saturated heterocycles. The van der Waals surface area contributed by atoms with Crippen LogP contribution in [0.25, 0.3) is 0 Å². The fraction of sp³-hybridized carbons (Fsp3) is 0.250. The Bertz CT molecular complexity index is 970. The number of phenolic OH excluding ortho intramolecular Hbond substituents is 1. The summed E-state index contributed by atoms with van der Waals surface area (Å²) >= 11 is 12.1. The van der Waals surface area contributed by atoms with Gasteiger partial charge in [0.1, 0.15) is 17.6 Å². The summed E-state index contributed by atoms with van der Waals surface area (Å²) in [6.45, 7) is 1.85. The van der Waals surface area contributed by atoms with Crippen LogP contribution < -0.4 is 0 Å². The zero-order chi connectivity index (χ0) is 20.8. The number of carbonyl (C=O) groups is 2. The number of hydrogen-bond donors (Lipinski definition) is 1. The van der Waals surface area contributed by atoms with Crippen LogP contribution in [0.3, 0.4) is 0 Å². The highest BCUT2D eigenvalue weighted by molar-refractivity contribution is 6.36. The van der Waals surface area contributed by atoms with E-state index in [1.807, 2.05) is 6.07 Å². The molecule has 0 aromatic heterocycles. The maximum Gasteiger partial charge on any atom is 0.306 e. The average Bonchev–Trinajstić information content (AvgIpc) is 2.67. The summed E-state index contributed by atoms with van der Waals surface area (Å²) in [5, 5.41) is 19.5. The number of halogens is 3. The second-order valence-corrected chi connectivity index (χ2v) is 6.66. The maximum atomic E-state index is 13.7. The van der Waals surface area contributed by atoms with Crippen LogP contribution in [-0.2, 0) is 16.0 Å². The monoisotopic (exact) mass is 423 g/mol. The summed E-state index contributed by atoms with van der Waals surface area (Å²) in [6.07, 6.45) is -0.301. The molecule has 0 fully saturated rings. The van der Waals surface area contributed by atoms with Crippen molar-refractivity contribution in [3.8, 4) is 11.8 Å². The second kappa shape index (κ2) is 9.54. The fourth-order valence-corrected chi connectivity index (χ4v) is 3.12. The van der Waals surface area contributed by atoms with Crippen LogP contribution in [0.4, 0.5) is 4.39 Å². The van der Waals surface area contributed by atoms with Gasteiger partial charge in [-0.2, -0.15) is 5.26 Å². The van der Waals surface area contributed by atoms with Crippen molar-refractivity contribution in [3.05, 3.63) is 62.4 Å². The van der Waals surface area contributed by atoms with Gasteiger partial charge in [-0.1, -0.05) is 23.2 Å². The minimum absolute atomic E-state index is 0.0442. The van der Waals surface area contributed by atoms with Gasteiger partial charge >= 0.3 is 5.97 Å². The first-order valence-corrected chi connectivity index (χ1v) is 9.11. The van der Waals surface area contributed by atoms with Crippen molar-refractivity contribution < 1.29 is 23.8 Å². The molecule has 0 radical (unpaired) electrons. The number of nitrogens with zero attached hydrogens (tertiary/aromatic N) is 1. The highest BCUT2D eigenvalue weighted by atomic mass is 35.5. The number of hydrogen-bond acceptors (Lipinski definition) is 5. The molecule has 1 N–H and O–H groups in total. The van der Waals surface area contributed by atoms with Crippen molar-refractivity contribution in [1.29, 1.82) is 5.26 Å². The minimum Gasteiger partial charge on any atom is -0.506 e. The van der Waals surface area contributed by atoms with Gasteiger partial charge < -0.3 is 9.84 Å². The molecule has 0 bridgehead atoms. The van der Waals surface area contributed by atoms with Gasteiger partial charge in [0.2, 0.25) is 0 Å². The quantitative estimate of drug-likeness (QED) is 0.391. The van der Waals surface area contributed by atoms with Gasteiger partial charge in [-0.3, -0.25) is 9.59 Å². The van der Waals surface area contributed by atoms with Gasteiger partial charge in [0, 0.05) is 17.9 Å². The van der Waals surface area contributed by atoms with E-state index in [9.17, 15) is 24.3 Å². The third-order valence-corrected chi connectivity index (χ3v) is 4.73. The molecule has 146 valence electrons. The molecule has 5 nitrogen and oxygen atoms in total. The molecule has 0 unspecified atom stereocenters. The van der Waals surface area contributed by atoms with Crippen LogP contribution in [0.15, 0.2) is 24.3 Å². The van der Waals surface area contributed by atoms with E-state index in [4.69, 9.17) is 27.9 Å². The second-order valence-electron chi connectivity index (χ2n) is 5.88. The molecule has 0 spiro atoms. The van der Waals surface area contributed by atoms with E-state index in [0.29, 0.717) is 11.1 Å². The smallest absolute Gasteiger partial charge is 0.306 e. The van der Waals surface area contributed by atoms with E-state index in [2.05, 4.69) is 0 Å². The van der Waals surface area contributed by atoms with E-state index in [1.165, 1.54) is 18.2 Å². The normalized spacial score (nSPS) is 10.4. The third kappa shape index (κ3) is 5.00. The zero-order valence-electron chi connectivity index (χ0n) is 14.9. The van der Waals surface area contributed by atoms with Crippen LogP contribution in [0.2, 0.25) is 10.0 Å². The SMILES string of the molecule is CCOC(=O)CCC(=O)c1cc(Cc2c(Cl)ccc(F)c2Cl)cc(C#N)c1O. The molecule has 0 amide bonds. The molecule has 28 heavy (non-hydrogen) atoms. The van der Waals surface area contributed by atoms with Crippen molar-refractivity contribution in [2.45, 2.75) is 26.2 Å². The lowest BCUT2D eigenvalue weighted by Crippen LogP contribution is -2.09. The van der Waals surface area contributed by atoms with Crippen LogP contribution in [0, 0.1) is 17.1 Å². The van der Waals surface area contributed by atoms with Crippen molar-refractivity contribution in [3.63, 3.8) is 0 Å². The molecule has 0 aliphatic heterocycles. The van der Waals surface area contributed by atoms with E-state index in [1.54, 1.807) is 6.92 Å². The lowest BCUT2D eigenvalue weighted by Gasteiger charge is -2.12. The van der Waals surface area contributed by atoms with Crippen molar-refractivity contribution in [2.75, 3.05) is 6.61 Å². The molecule has 0 aliphatic rings. The Balaban J connectivity index is 2.37. The highest BCUT2D eigenvalue weighted by Crippen LogP contribution is 2.32. The van der Waals surface area contributed by atoms with Gasteiger partial charge in [0.05, 0.1) is 29.2 Å². The number of rotatable bonds is 7. The van der Waals surface area contributed by atoms with Crippen LogP contribution in [-0.4, -0.2) is 23.5 Å². The molecular weight excluding hydrogens is 408 g/mol. The van der Waals surface area contributed by atoms with Crippen LogP contribution >= 0.6 is 23.2 Å². The number of Topliss-reactive ketones (excluding diaryl/α,β-unsaturated/α-hetero) is 1. The maximum absolute atomic E-state index is 13.7. The Morgan fingerprint density at radius 2 is 1.96 bits per heavy atom. The number of esters is 1. The Hall–Kier alpha value is -2.62.